The molecule has 0 saturated carbocycles. The van der Waals surface area contributed by atoms with Gasteiger partial charge in [0.15, 0.2) is 0 Å². The van der Waals surface area contributed by atoms with Gasteiger partial charge in [0.2, 0.25) is 5.91 Å². The number of carboxylic acid groups (broad SMARTS) is 1. The van der Waals surface area contributed by atoms with Crippen molar-refractivity contribution in [1.82, 2.24) is 4.90 Å². The number of hydrogen-bond acceptors (Lipinski definition) is 4. The van der Waals surface area contributed by atoms with Gasteiger partial charge in [-0.3, -0.25) is 9.59 Å². The molecule has 1 atom stereocenters. The summed E-state index contributed by atoms with van der Waals surface area (Å²) in [4.78, 5) is 27.0. The Bertz CT molecular complexity index is 615. The third-order valence-electron chi connectivity index (χ3n) is 4.49. The minimum absolute atomic E-state index is 0.0126. The van der Waals surface area contributed by atoms with Gasteiger partial charge in [-0.1, -0.05) is 17.7 Å². The molecular weight excluding hydrogens is 326 g/mol. The van der Waals surface area contributed by atoms with Crippen LogP contribution in [0.25, 0.3) is 0 Å². The molecule has 6 heteroatoms. The quantitative estimate of drug-likeness (QED) is 0.798. The predicted molar refractivity (Wildman–Crippen MR) is 94.4 cm³/mol. The maximum atomic E-state index is 12.5. The Morgan fingerprint density at radius 2 is 2.12 bits per heavy atom. The van der Waals surface area contributed by atoms with Crippen LogP contribution in [0.4, 0.5) is 0 Å². The molecule has 1 aromatic carbocycles. The smallest absolute Gasteiger partial charge is 0.313 e. The third-order valence-corrected chi connectivity index (χ3v) is 5.65. The normalized spacial score (nSPS) is 20.9. The van der Waals surface area contributed by atoms with Crippen molar-refractivity contribution in [3.05, 3.63) is 29.3 Å². The monoisotopic (exact) mass is 351 g/mol. The molecule has 24 heavy (non-hydrogen) atoms. The Labute approximate surface area is 147 Å². The van der Waals surface area contributed by atoms with E-state index in [1.54, 1.807) is 4.90 Å². The van der Waals surface area contributed by atoms with Crippen molar-refractivity contribution in [3.8, 4) is 0 Å². The molecule has 132 valence electrons. The zero-order chi connectivity index (χ0) is 17.7. The van der Waals surface area contributed by atoms with Crippen LogP contribution in [0.2, 0.25) is 0 Å². The first-order chi connectivity index (χ1) is 11.4. The number of likely N-dealkylation sites (tertiary alicyclic amines) is 1. The molecule has 2 rings (SSSR count). The second kappa shape index (κ2) is 8.03. The fourth-order valence-electron chi connectivity index (χ4n) is 3.17. The zero-order valence-corrected chi connectivity index (χ0v) is 15.3. The maximum absolute atomic E-state index is 12.5. The molecule has 1 fully saturated rings. The van der Waals surface area contributed by atoms with Crippen molar-refractivity contribution in [2.24, 2.45) is 5.41 Å². The van der Waals surface area contributed by atoms with Gasteiger partial charge in [0, 0.05) is 25.1 Å². The van der Waals surface area contributed by atoms with Crippen LogP contribution in [-0.4, -0.2) is 54.4 Å². The Morgan fingerprint density at radius 1 is 1.38 bits per heavy atom. The molecule has 1 amide bonds. The first-order valence-corrected chi connectivity index (χ1v) is 9.07. The lowest BCUT2D eigenvalue weighted by molar-refractivity contribution is -0.158. The first-order valence-electron chi connectivity index (χ1n) is 8.08. The lowest BCUT2D eigenvalue weighted by Gasteiger charge is -2.39. The van der Waals surface area contributed by atoms with Gasteiger partial charge in [0.1, 0.15) is 5.41 Å². The maximum Gasteiger partial charge on any atom is 0.313 e. The average Bonchev–Trinajstić information content (AvgIpc) is 2.54. The highest BCUT2D eigenvalue weighted by Crippen LogP contribution is 2.32. The summed E-state index contributed by atoms with van der Waals surface area (Å²) in [5.41, 5.74) is 1.38. The van der Waals surface area contributed by atoms with Crippen molar-refractivity contribution in [2.45, 2.75) is 31.6 Å². The number of aliphatic carboxylic acids is 1. The first kappa shape index (κ1) is 18.8. The van der Waals surface area contributed by atoms with Crippen LogP contribution in [0.3, 0.4) is 0 Å². The highest BCUT2D eigenvalue weighted by atomic mass is 32.2. The number of methoxy groups -OCH3 is 1. The molecular formula is C18H25NO4S. The Morgan fingerprint density at radius 3 is 2.75 bits per heavy atom. The number of thioether (sulfide) groups is 1. The van der Waals surface area contributed by atoms with Gasteiger partial charge < -0.3 is 14.7 Å². The standard InChI is InChI=1S/C18H25NO4S/c1-13-5-6-15(14(2)9-13)24-10-16(20)19-8-4-7-18(11-19,12-23-3)17(21)22/h5-6,9H,4,7-8,10-12H2,1-3H3,(H,21,22). The molecule has 1 aromatic rings. The molecule has 1 unspecified atom stereocenters. The van der Waals surface area contributed by atoms with Gasteiger partial charge >= 0.3 is 5.97 Å². The van der Waals surface area contributed by atoms with E-state index < -0.39 is 11.4 Å². The van der Waals surface area contributed by atoms with Crippen molar-refractivity contribution >= 4 is 23.6 Å². The molecule has 1 aliphatic rings. The zero-order valence-electron chi connectivity index (χ0n) is 14.5. The summed E-state index contributed by atoms with van der Waals surface area (Å²) >= 11 is 1.51. The summed E-state index contributed by atoms with van der Waals surface area (Å²) in [6.07, 6.45) is 1.24. The number of carboxylic acids is 1. The third kappa shape index (κ3) is 4.30. The number of carbonyl (C=O) groups excluding carboxylic acids is 1. The van der Waals surface area contributed by atoms with Crippen LogP contribution in [0.1, 0.15) is 24.0 Å². The molecule has 5 nitrogen and oxygen atoms in total. The SMILES string of the molecule is COCC1(C(=O)O)CCCN(C(=O)CSc2ccc(C)cc2C)C1. The molecule has 0 spiro atoms. The Kier molecular flexibility index (Phi) is 6.29. The van der Waals surface area contributed by atoms with Crippen molar-refractivity contribution in [3.63, 3.8) is 0 Å². The van der Waals surface area contributed by atoms with Crippen LogP contribution < -0.4 is 0 Å². The lowest BCUT2D eigenvalue weighted by Crippen LogP contribution is -2.52. The van der Waals surface area contributed by atoms with E-state index in [-0.39, 0.29) is 19.1 Å². The number of nitrogens with zero attached hydrogens (tertiary/aromatic N) is 1. The summed E-state index contributed by atoms with van der Waals surface area (Å²) in [7, 11) is 1.50. The predicted octanol–water partition coefficient (Wildman–Crippen LogP) is 2.74. The van der Waals surface area contributed by atoms with E-state index in [0.717, 1.165) is 10.5 Å². The van der Waals surface area contributed by atoms with Crippen LogP contribution in [0, 0.1) is 19.3 Å². The Balaban J connectivity index is 2.00. The van der Waals surface area contributed by atoms with Gasteiger partial charge in [-0.05, 0) is 38.3 Å². The second-order valence-corrected chi connectivity index (χ2v) is 7.51. The largest absolute Gasteiger partial charge is 0.481 e. The van der Waals surface area contributed by atoms with Gasteiger partial charge in [0.25, 0.3) is 0 Å². The van der Waals surface area contributed by atoms with Gasteiger partial charge in [-0.2, -0.15) is 0 Å². The molecule has 1 saturated heterocycles. The summed E-state index contributed by atoms with van der Waals surface area (Å²) in [5.74, 6) is -0.572. The molecule has 0 aliphatic carbocycles. The number of amides is 1. The molecule has 1 N–H and O–H groups in total. The van der Waals surface area contributed by atoms with E-state index in [0.29, 0.717) is 25.1 Å². The fourth-order valence-corrected chi connectivity index (χ4v) is 4.08. The molecule has 0 aromatic heterocycles. The number of rotatable bonds is 6. The van der Waals surface area contributed by atoms with Gasteiger partial charge in [0.05, 0.1) is 12.4 Å². The van der Waals surface area contributed by atoms with Crippen molar-refractivity contribution in [2.75, 3.05) is 32.6 Å². The van der Waals surface area contributed by atoms with E-state index in [2.05, 4.69) is 6.07 Å². The van der Waals surface area contributed by atoms with E-state index in [4.69, 9.17) is 4.74 Å². The summed E-state index contributed by atoms with van der Waals surface area (Å²) in [6.45, 7) is 5.06. The highest BCUT2D eigenvalue weighted by Gasteiger charge is 2.43. The topological polar surface area (TPSA) is 66.8 Å². The van der Waals surface area contributed by atoms with Gasteiger partial charge in [-0.15, -0.1) is 11.8 Å². The number of benzene rings is 1. The summed E-state index contributed by atoms with van der Waals surface area (Å²) in [5, 5.41) is 9.57. The van der Waals surface area contributed by atoms with E-state index in [1.165, 1.54) is 24.4 Å². The van der Waals surface area contributed by atoms with E-state index in [9.17, 15) is 14.7 Å². The van der Waals surface area contributed by atoms with Crippen LogP contribution in [-0.2, 0) is 14.3 Å². The number of aryl methyl sites for hydroxylation is 2. The number of ether oxygens (including phenoxy) is 1. The van der Waals surface area contributed by atoms with Crippen LogP contribution in [0.15, 0.2) is 23.1 Å². The molecule has 0 radical (unpaired) electrons. The van der Waals surface area contributed by atoms with Crippen molar-refractivity contribution < 1.29 is 19.4 Å². The minimum Gasteiger partial charge on any atom is -0.481 e. The number of piperidine rings is 1. The van der Waals surface area contributed by atoms with Crippen LogP contribution >= 0.6 is 11.8 Å². The van der Waals surface area contributed by atoms with E-state index in [1.807, 2.05) is 26.0 Å². The van der Waals surface area contributed by atoms with Crippen LogP contribution in [0.5, 0.6) is 0 Å². The highest BCUT2D eigenvalue weighted by molar-refractivity contribution is 8.00. The lowest BCUT2D eigenvalue weighted by atomic mass is 9.80. The van der Waals surface area contributed by atoms with E-state index >= 15 is 0 Å². The molecule has 0 bridgehead atoms. The average molecular weight is 351 g/mol. The fraction of sp³-hybridized carbons (Fsp3) is 0.556. The van der Waals surface area contributed by atoms with Gasteiger partial charge in [-0.25, -0.2) is 0 Å². The number of hydrogen-bond donors (Lipinski definition) is 1. The summed E-state index contributed by atoms with van der Waals surface area (Å²) in [6, 6.07) is 6.17. The molecule has 1 aliphatic heterocycles. The second-order valence-electron chi connectivity index (χ2n) is 6.49. The summed E-state index contributed by atoms with van der Waals surface area (Å²) < 4.78 is 5.11. The minimum atomic E-state index is -0.979. The molecule has 1 heterocycles. The Hall–Kier alpha value is -1.53. The van der Waals surface area contributed by atoms with Crippen molar-refractivity contribution in [1.29, 1.82) is 0 Å². The number of carbonyl (C=O) groups is 2.